The molecule has 0 unspecified atom stereocenters. The monoisotopic (exact) mass is 450 g/mol. The van der Waals surface area contributed by atoms with Crippen LogP contribution in [0.3, 0.4) is 0 Å². The lowest BCUT2D eigenvalue weighted by molar-refractivity contribution is -0.137. The van der Waals surface area contributed by atoms with Crippen LogP contribution in [-0.4, -0.2) is 18.0 Å². The Labute approximate surface area is 155 Å². The van der Waals surface area contributed by atoms with Crippen LogP contribution in [-0.2, 0) is 19.3 Å². The Kier molecular flexibility index (Phi) is 7.96. The zero-order chi connectivity index (χ0) is 16.7. The number of guanidine groups is 1. The Hall–Kier alpha value is -1.84. The average Bonchev–Trinajstić information content (AvgIpc) is 2.55. The molecule has 1 heterocycles. The van der Waals surface area contributed by atoms with E-state index >= 15 is 0 Å². The molecule has 130 valence electrons. The van der Waals surface area contributed by atoms with E-state index in [-0.39, 0.29) is 24.0 Å². The van der Waals surface area contributed by atoms with E-state index in [4.69, 9.17) is 0 Å². The van der Waals surface area contributed by atoms with Gasteiger partial charge in [0.25, 0.3) is 0 Å². The molecule has 0 aliphatic carbocycles. The van der Waals surface area contributed by atoms with Gasteiger partial charge in [0.1, 0.15) is 0 Å². The van der Waals surface area contributed by atoms with Crippen molar-refractivity contribution in [1.29, 1.82) is 0 Å². The first kappa shape index (κ1) is 20.2. The number of hydrogen-bond acceptors (Lipinski definition) is 2. The molecule has 1 aromatic carbocycles. The summed E-state index contributed by atoms with van der Waals surface area (Å²) in [5.41, 5.74) is 0.947. The molecule has 0 atom stereocenters. The number of aliphatic imine (C=N–C) groups is 1. The van der Waals surface area contributed by atoms with Crippen LogP contribution in [0.1, 0.15) is 16.8 Å². The van der Waals surface area contributed by atoms with E-state index in [0.29, 0.717) is 19.0 Å². The van der Waals surface area contributed by atoms with Gasteiger partial charge in [0.15, 0.2) is 5.96 Å². The van der Waals surface area contributed by atoms with Crippen molar-refractivity contribution in [3.05, 3.63) is 65.5 Å². The predicted octanol–water partition coefficient (Wildman–Crippen LogP) is 3.58. The van der Waals surface area contributed by atoms with Gasteiger partial charge in [-0.15, -0.1) is 24.0 Å². The molecular weight excluding hydrogens is 432 g/mol. The Bertz CT molecular complexity index is 643. The Morgan fingerprint density at radius 2 is 1.71 bits per heavy atom. The van der Waals surface area contributed by atoms with Crippen molar-refractivity contribution in [2.45, 2.75) is 19.3 Å². The average molecular weight is 450 g/mol. The number of hydrogen-bond donors (Lipinski definition) is 2. The summed E-state index contributed by atoms with van der Waals surface area (Å²) in [5.74, 6) is 0.551. The number of halogens is 4. The predicted molar refractivity (Wildman–Crippen MR) is 98.1 cm³/mol. The highest BCUT2D eigenvalue weighted by molar-refractivity contribution is 14.0. The van der Waals surface area contributed by atoms with Crippen molar-refractivity contribution in [3.8, 4) is 0 Å². The third kappa shape index (κ3) is 6.34. The van der Waals surface area contributed by atoms with Crippen molar-refractivity contribution in [2.24, 2.45) is 4.99 Å². The lowest BCUT2D eigenvalue weighted by atomic mass is 10.1. The summed E-state index contributed by atoms with van der Waals surface area (Å²) in [6, 6.07) is 10.6. The molecule has 0 aliphatic rings. The summed E-state index contributed by atoms with van der Waals surface area (Å²) >= 11 is 0. The molecule has 0 amide bonds. The first-order valence-electron chi connectivity index (χ1n) is 6.99. The topological polar surface area (TPSA) is 49.3 Å². The molecule has 0 saturated heterocycles. The van der Waals surface area contributed by atoms with E-state index in [1.54, 1.807) is 13.2 Å². The first-order valence-corrected chi connectivity index (χ1v) is 6.99. The van der Waals surface area contributed by atoms with Crippen LogP contribution < -0.4 is 10.6 Å². The van der Waals surface area contributed by atoms with Crippen molar-refractivity contribution in [1.82, 2.24) is 15.6 Å². The molecule has 24 heavy (non-hydrogen) atoms. The Morgan fingerprint density at radius 3 is 2.25 bits per heavy atom. The molecule has 4 nitrogen and oxygen atoms in total. The number of benzene rings is 1. The summed E-state index contributed by atoms with van der Waals surface area (Å²) in [7, 11) is 1.63. The number of alkyl halides is 3. The normalized spacial score (nSPS) is 11.6. The van der Waals surface area contributed by atoms with E-state index in [1.165, 1.54) is 12.1 Å². The fourth-order valence-electron chi connectivity index (χ4n) is 1.89. The summed E-state index contributed by atoms with van der Waals surface area (Å²) < 4.78 is 37.5. The van der Waals surface area contributed by atoms with E-state index in [9.17, 15) is 13.2 Å². The maximum atomic E-state index is 12.5. The smallest absolute Gasteiger partial charge is 0.352 e. The lowest BCUT2D eigenvalue weighted by Crippen LogP contribution is -2.36. The van der Waals surface area contributed by atoms with E-state index in [2.05, 4.69) is 20.6 Å². The minimum absolute atomic E-state index is 0. The van der Waals surface area contributed by atoms with Gasteiger partial charge in [-0.2, -0.15) is 13.2 Å². The molecule has 8 heteroatoms. The SMILES string of the molecule is CN=C(NCc1ccc(C(F)(F)F)cc1)NCc1ccccn1.I. The fraction of sp³-hybridized carbons (Fsp3) is 0.250. The lowest BCUT2D eigenvalue weighted by Gasteiger charge is -2.12. The maximum Gasteiger partial charge on any atom is 0.416 e. The van der Waals surface area contributed by atoms with Gasteiger partial charge in [-0.1, -0.05) is 18.2 Å². The van der Waals surface area contributed by atoms with E-state index < -0.39 is 11.7 Å². The standard InChI is InChI=1S/C16H17F3N4.HI/c1-20-15(23-11-14-4-2-3-9-21-14)22-10-12-5-7-13(8-6-12)16(17,18)19;/h2-9H,10-11H2,1H3,(H2,20,22,23);1H. The minimum atomic E-state index is -4.31. The fourth-order valence-corrected chi connectivity index (χ4v) is 1.89. The molecule has 1 aromatic heterocycles. The molecule has 2 N–H and O–H groups in total. The first-order chi connectivity index (χ1) is 11.0. The molecule has 0 aliphatic heterocycles. The second-order valence-corrected chi connectivity index (χ2v) is 4.80. The van der Waals surface area contributed by atoms with Crippen LogP contribution in [0.25, 0.3) is 0 Å². The van der Waals surface area contributed by atoms with Crippen LogP contribution in [0.2, 0.25) is 0 Å². The molecule has 0 fully saturated rings. The van der Waals surface area contributed by atoms with Crippen molar-refractivity contribution in [3.63, 3.8) is 0 Å². The highest BCUT2D eigenvalue weighted by atomic mass is 127. The third-order valence-electron chi connectivity index (χ3n) is 3.13. The highest BCUT2D eigenvalue weighted by Gasteiger charge is 2.29. The van der Waals surface area contributed by atoms with Gasteiger partial charge >= 0.3 is 6.18 Å². The Balaban J connectivity index is 0.00000288. The van der Waals surface area contributed by atoms with E-state index in [0.717, 1.165) is 23.4 Å². The number of aromatic nitrogens is 1. The highest BCUT2D eigenvalue weighted by Crippen LogP contribution is 2.28. The number of nitrogens with one attached hydrogen (secondary N) is 2. The summed E-state index contributed by atoms with van der Waals surface area (Å²) in [5, 5.41) is 6.13. The molecule has 0 saturated carbocycles. The van der Waals surface area contributed by atoms with Crippen LogP contribution in [0, 0.1) is 0 Å². The van der Waals surface area contributed by atoms with Gasteiger partial charge in [0.2, 0.25) is 0 Å². The van der Waals surface area contributed by atoms with Crippen LogP contribution >= 0.6 is 24.0 Å². The second kappa shape index (κ2) is 9.45. The number of rotatable bonds is 4. The molecular formula is C16H18F3IN4. The minimum Gasteiger partial charge on any atom is -0.352 e. The molecule has 2 rings (SSSR count). The van der Waals surface area contributed by atoms with Crippen molar-refractivity contribution >= 4 is 29.9 Å². The van der Waals surface area contributed by atoms with Gasteiger partial charge in [0, 0.05) is 19.8 Å². The second-order valence-electron chi connectivity index (χ2n) is 4.80. The molecule has 2 aromatic rings. The zero-order valence-corrected chi connectivity index (χ0v) is 15.3. The van der Waals surface area contributed by atoms with Gasteiger partial charge < -0.3 is 10.6 Å². The summed E-state index contributed by atoms with van der Waals surface area (Å²) in [4.78, 5) is 8.25. The number of nitrogens with zero attached hydrogens (tertiary/aromatic N) is 2. The Morgan fingerprint density at radius 1 is 1.04 bits per heavy atom. The van der Waals surface area contributed by atoms with Gasteiger partial charge in [-0.25, -0.2) is 0 Å². The summed E-state index contributed by atoms with van der Waals surface area (Å²) in [6.45, 7) is 0.882. The van der Waals surface area contributed by atoms with Crippen LogP contribution in [0.4, 0.5) is 13.2 Å². The maximum absolute atomic E-state index is 12.5. The molecule has 0 radical (unpaired) electrons. The van der Waals surface area contributed by atoms with Crippen molar-refractivity contribution < 1.29 is 13.2 Å². The van der Waals surface area contributed by atoms with Crippen molar-refractivity contribution in [2.75, 3.05) is 7.05 Å². The largest absolute Gasteiger partial charge is 0.416 e. The van der Waals surface area contributed by atoms with Gasteiger partial charge in [-0.05, 0) is 29.8 Å². The summed E-state index contributed by atoms with van der Waals surface area (Å²) in [6.07, 6.45) is -2.61. The van der Waals surface area contributed by atoms with Gasteiger partial charge in [0.05, 0.1) is 17.8 Å². The third-order valence-corrected chi connectivity index (χ3v) is 3.13. The van der Waals surface area contributed by atoms with Crippen LogP contribution in [0.5, 0.6) is 0 Å². The zero-order valence-electron chi connectivity index (χ0n) is 13.0. The van der Waals surface area contributed by atoms with Crippen LogP contribution in [0.15, 0.2) is 53.7 Å². The molecule has 0 bridgehead atoms. The van der Waals surface area contributed by atoms with E-state index in [1.807, 2.05) is 18.2 Å². The molecule has 0 spiro atoms. The number of pyridine rings is 1. The van der Waals surface area contributed by atoms with Gasteiger partial charge in [-0.3, -0.25) is 9.98 Å². The quantitative estimate of drug-likeness (QED) is 0.426.